The standard InChI is InChI=1S/C12H19NO4/c1-8(14)5-9-6-13(7-10(9)15)11(16)17-12(2,3)4/h9H,5-7H2,1-4H3. The van der Waals surface area contributed by atoms with Gasteiger partial charge in [0.2, 0.25) is 0 Å². The molecule has 0 aromatic heterocycles. The molecule has 0 aromatic rings. The van der Waals surface area contributed by atoms with Crippen LogP contribution in [-0.2, 0) is 14.3 Å². The summed E-state index contributed by atoms with van der Waals surface area (Å²) in [5.74, 6) is -0.458. The van der Waals surface area contributed by atoms with Gasteiger partial charge in [-0.3, -0.25) is 4.79 Å². The highest BCUT2D eigenvalue weighted by Gasteiger charge is 2.36. The average molecular weight is 241 g/mol. The zero-order chi connectivity index (χ0) is 13.2. The predicted molar refractivity (Wildman–Crippen MR) is 61.6 cm³/mol. The summed E-state index contributed by atoms with van der Waals surface area (Å²) in [6, 6.07) is 0. The van der Waals surface area contributed by atoms with Crippen molar-refractivity contribution in [2.45, 2.75) is 39.7 Å². The van der Waals surface area contributed by atoms with Gasteiger partial charge in [-0.15, -0.1) is 0 Å². The third kappa shape index (κ3) is 4.17. The molecular weight excluding hydrogens is 222 g/mol. The van der Waals surface area contributed by atoms with Crippen LogP contribution in [0.3, 0.4) is 0 Å². The van der Waals surface area contributed by atoms with E-state index < -0.39 is 11.7 Å². The second-order valence-corrected chi connectivity index (χ2v) is 5.43. The van der Waals surface area contributed by atoms with Gasteiger partial charge in [0.05, 0.1) is 6.54 Å². The van der Waals surface area contributed by atoms with Crippen molar-refractivity contribution >= 4 is 17.7 Å². The van der Waals surface area contributed by atoms with Gasteiger partial charge in [-0.1, -0.05) is 0 Å². The van der Waals surface area contributed by atoms with E-state index in [4.69, 9.17) is 4.74 Å². The van der Waals surface area contributed by atoms with Crippen molar-refractivity contribution in [2.75, 3.05) is 13.1 Å². The molecule has 1 heterocycles. The molecule has 0 saturated carbocycles. The fraction of sp³-hybridized carbons (Fsp3) is 0.750. The normalized spacial score (nSPS) is 20.6. The van der Waals surface area contributed by atoms with Crippen LogP contribution in [0.1, 0.15) is 34.1 Å². The Bertz CT molecular complexity index is 343. The minimum Gasteiger partial charge on any atom is -0.444 e. The molecule has 0 radical (unpaired) electrons. The molecule has 1 aliphatic heterocycles. The molecule has 0 aliphatic carbocycles. The molecule has 1 amide bonds. The van der Waals surface area contributed by atoms with Crippen molar-refractivity contribution in [1.82, 2.24) is 4.90 Å². The molecule has 0 aromatic carbocycles. The van der Waals surface area contributed by atoms with E-state index in [2.05, 4.69) is 0 Å². The van der Waals surface area contributed by atoms with Crippen molar-refractivity contribution in [1.29, 1.82) is 0 Å². The smallest absolute Gasteiger partial charge is 0.410 e. The number of ether oxygens (including phenoxy) is 1. The summed E-state index contributed by atoms with van der Waals surface area (Å²) in [5.41, 5.74) is -0.571. The number of amides is 1. The van der Waals surface area contributed by atoms with Crippen molar-refractivity contribution < 1.29 is 19.1 Å². The number of likely N-dealkylation sites (tertiary alicyclic amines) is 1. The van der Waals surface area contributed by atoms with Crippen molar-refractivity contribution in [3.05, 3.63) is 0 Å². The minimum absolute atomic E-state index is 0.0330. The lowest BCUT2D eigenvalue weighted by molar-refractivity contribution is -0.124. The summed E-state index contributed by atoms with van der Waals surface area (Å²) in [7, 11) is 0. The van der Waals surface area contributed by atoms with E-state index in [-0.39, 0.29) is 37.0 Å². The molecule has 1 saturated heterocycles. The number of Topliss-reactive ketones (excluding diaryl/α,β-unsaturated/α-hetero) is 2. The Hall–Kier alpha value is -1.39. The fourth-order valence-corrected chi connectivity index (χ4v) is 1.74. The fourth-order valence-electron chi connectivity index (χ4n) is 1.74. The summed E-state index contributed by atoms with van der Waals surface area (Å²) in [6.07, 6.45) is -0.283. The van der Waals surface area contributed by atoms with Crippen molar-refractivity contribution in [2.24, 2.45) is 5.92 Å². The van der Waals surface area contributed by atoms with Crippen molar-refractivity contribution in [3.8, 4) is 0 Å². The van der Waals surface area contributed by atoms with Gasteiger partial charge in [0, 0.05) is 18.9 Å². The van der Waals surface area contributed by atoms with E-state index >= 15 is 0 Å². The highest BCUT2D eigenvalue weighted by molar-refractivity contribution is 5.92. The number of carbonyl (C=O) groups is 3. The first-order valence-corrected chi connectivity index (χ1v) is 5.69. The molecule has 0 bridgehead atoms. The lowest BCUT2D eigenvalue weighted by atomic mass is 10.0. The van der Waals surface area contributed by atoms with Gasteiger partial charge in [-0.25, -0.2) is 4.79 Å². The average Bonchev–Trinajstić information content (AvgIpc) is 2.44. The summed E-state index contributed by atoms with van der Waals surface area (Å²) < 4.78 is 5.17. The number of nitrogens with zero attached hydrogens (tertiary/aromatic N) is 1. The largest absolute Gasteiger partial charge is 0.444 e. The van der Waals surface area contributed by atoms with E-state index in [9.17, 15) is 14.4 Å². The molecule has 1 aliphatic rings. The second-order valence-electron chi connectivity index (χ2n) is 5.43. The van der Waals surface area contributed by atoms with Gasteiger partial charge in [-0.2, -0.15) is 0 Å². The van der Waals surface area contributed by atoms with Gasteiger partial charge in [0.15, 0.2) is 5.78 Å². The van der Waals surface area contributed by atoms with Crippen LogP contribution in [-0.4, -0.2) is 41.3 Å². The summed E-state index contributed by atoms with van der Waals surface area (Å²) in [5, 5.41) is 0. The number of hydrogen-bond donors (Lipinski definition) is 0. The second kappa shape index (κ2) is 4.85. The van der Waals surface area contributed by atoms with E-state index in [0.717, 1.165) is 0 Å². The Morgan fingerprint density at radius 1 is 1.41 bits per heavy atom. The van der Waals surface area contributed by atoms with Crippen LogP contribution in [0, 0.1) is 5.92 Å². The molecule has 1 atom stereocenters. The zero-order valence-corrected chi connectivity index (χ0v) is 10.8. The van der Waals surface area contributed by atoms with Gasteiger partial charge >= 0.3 is 6.09 Å². The Kier molecular flexibility index (Phi) is 3.91. The Balaban J connectivity index is 2.57. The van der Waals surface area contributed by atoms with Gasteiger partial charge in [-0.05, 0) is 27.7 Å². The molecule has 1 fully saturated rings. The van der Waals surface area contributed by atoms with Gasteiger partial charge < -0.3 is 14.4 Å². The summed E-state index contributed by atoms with van der Waals surface area (Å²) >= 11 is 0. The monoisotopic (exact) mass is 241 g/mol. The number of carbonyl (C=O) groups excluding carboxylic acids is 3. The first-order valence-electron chi connectivity index (χ1n) is 5.69. The van der Waals surface area contributed by atoms with E-state index in [1.807, 2.05) is 0 Å². The van der Waals surface area contributed by atoms with Crippen LogP contribution in [0.5, 0.6) is 0 Å². The maximum atomic E-state index is 11.7. The highest BCUT2D eigenvalue weighted by Crippen LogP contribution is 2.19. The SMILES string of the molecule is CC(=O)CC1CN(C(=O)OC(C)(C)C)CC1=O. The predicted octanol–water partition coefficient (Wildman–Crippen LogP) is 1.40. The third-order valence-electron chi connectivity index (χ3n) is 2.43. The van der Waals surface area contributed by atoms with Gasteiger partial charge in [0.25, 0.3) is 0 Å². The zero-order valence-electron chi connectivity index (χ0n) is 10.8. The van der Waals surface area contributed by atoms with Crippen molar-refractivity contribution in [3.63, 3.8) is 0 Å². The molecule has 5 nitrogen and oxygen atoms in total. The summed E-state index contributed by atoms with van der Waals surface area (Å²) in [6.45, 7) is 7.10. The maximum absolute atomic E-state index is 11.7. The molecule has 1 rings (SSSR count). The molecule has 96 valence electrons. The Labute approximate surface area is 101 Å². The van der Waals surface area contributed by atoms with Crippen LogP contribution >= 0.6 is 0 Å². The Morgan fingerprint density at radius 3 is 2.47 bits per heavy atom. The number of rotatable bonds is 2. The molecule has 0 N–H and O–H groups in total. The number of hydrogen-bond acceptors (Lipinski definition) is 4. The topological polar surface area (TPSA) is 63.7 Å². The van der Waals surface area contributed by atoms with Crippen LogP contribution in [0.2, 0.25) is 0 Å². The van der Waals surface area contributed by atoms with Crippen LogP contribution in [0.25, 0.3) is 0 Å². The lowest BCUT2D eigenvalue weighted by Crippen LogP contribution is -2.35. The highest BCUT2D eigenvalue weighted by atomic mass is 16.6. The van der Waals surface area contributed by atoms with E-state index in [1.54, 1.807) is 20.8 Å². The van der Waals surface area contributed by atoms with E-state index in [1.165, 1.54) is 11.8 Å². The summed E-state index contributed by atoms with van der Waals surface area (Å²) in [4.78, 5) is 35.6. The number of ketones is 2. The molecule has 1 unspecified atom stereocenters. The quantitative estimate of drug-likeness (QED) is 0.733. The van der Waals surface area contributed by atoms with Crippen LogP contribution in [0.4, 0.5) is 4.79 Å². The first kappa shape index (κ1) is 13.7. The van der Waals surface area contributed by atoms with Gasteiger partial charge in [0.1, 0.15) is 11.4 Å². The van der Waals surface area contributed by atoms with E-state index in [0.29, 0.717) is 0 Å². The Morgan fingerprint density at radius 2 is 2.00 bits per heavy atom. The van der Waals surface area contributed by atoms with Crippen LogP contribution < -0.4 is 0 Å². The maximum Gasteiger partial charge on any atom is 0.410 e. The minimum atomic E-state index is -0.571. The molecule has 17 heavy (non-hydrogen) atoms. The molecule has 5 heteroatoms. The van der Waals surface area contributed by atoms with Crippen LogP contribution in [0.15, 0.2) is 0 Å². The lowest BCUT2D eigenvalue weighted by Gasteiger charge is -2.23. The molecular formula is C12H19NO4. The first-order chi connectivity index (χ1) is 7.69. The molecule has 0 spiro atoms. The third-order valence-corrected chi connectivity index (χ3v) is 2.43.